The molecule has 4 nitrogen and oxygen atoms in total. The van der Waals surface area contributed by atoms with E-state index in [2.05, 4.69) is 5.32 Å². The molecule has 4 aromatic rings. The maximum atomic E-state index is 12.8. The van der Waals surface area contributed by atoms with Crippen molar-refractivity contribution in [2.24, 2.45) is 0 Å². The molecule has 4 rings (SSSR count). The average molecular weight is 452 g/mol. The number of amides is 1. The van der Waals surface area contributed by atoms with Crippen LogP contribution in [0.15, 0.2) is 78.9 Å². The van der Waals surface area contributed by atoms with Gasteiger partial charge in [-0.25, -0.2) is 0 Å². The molecule has 0 saturated heterocycles. The number of hydrogen-bond donors (Lipinski definition) is 1. The van der Waals surface area contributed by atoms with E-state index >= 15 is 0 Å². The van der Waals surface area contributed by atoms with Crippen LogP contribution in [0.1, 0.15) is 15.9 Å². The summed E-state index contributed by atoms with van der Waals surface area (Å²) in [6, 6.07) is 24.0. The molecule has 0 bridgehead atoms. The highest BCUT2D eigenvalue weighted by Crippen LogP contribution is 2.29. The molecule has 1 amide bonds. The molecule has 0 aliphatic rings. The van der Waals surface area contributed by atoms with E-state index in [0.29, 0.717) is 27.0 Å². The minimum Gasteiger partial charge on any atom is -0.496 e. The van der Waals surface area contributed by atoms with Crippen molar-refractivity contribution in [1.82, 2.24) is 0 Å². The lowest BCUT2D eigenvalue weighted by atomic mass is 10.1. The van der Waals surface area contributed by atoms with Gasteiger partial charge in [0.1, 0.15) is 18.1 Å². The van der Waals surface area contributed by atoms with Gasteiger partial charge >= 0.3 is 0 Å². The third kappa shape index (κ3) is 4.76. The van der Waals surface area contributed by atoms with Crippen molar-refractivity contribution in [2.45, 2.75) is 6.61 Å². The molecule has 0 heterocycles. The van der Waals surface area contributed by atoms with E-state index in [4.69, 9.17) is 32.7 Å². The van der Waals surface area contributed by atoms with Crippen molar-refractivity contribution in [2.75, 3.05) is 12.4 Å². The Balaban J connectivity index is 1.57. The fourth-order valence-corrected chi connectivity index (χ4v) is 3.63. The zero-order valence-electron chi connectivity index (χ0n) is 16.7. The Labute approximate surface area is 190 Å². The van der Waals surface area contributed by atoms with Crippen LogP contribution in [-0.4, -0.2) is 13.0 Å². The third-order valence-corrected chi connectivity index (χ3v) is 5.42. The van der Waals surface area contributed by atoms with Gasteiger partial charge in [0.2, 0.25) is 0 Å². The molecule has 4 aromatic carbocycles. The van der Waals surface area contributed by atoms with E-state index in [1.165, 1.54) is 0 Å². The van der Waals surface area contributed by atoms with Gasteiger partial charge in [-0.2, -0.15) is 0 Å². The molecule has 0 aliphatic heterocycles. The third-order valence-electron chi connectivity index (χ3n) is 4.85. The molecule has 0 fully saturated rings. The molecule has 31 heavy (non-hydrogen) atoms. The Morgan fingerprint density at radius 2 is 1.71 bits per heavy atom. The number of fused-ring (bicyclic) bond motifs is 1. The predicted octanol–water partition coefficient (Wildman–Crippen LogP) is 6.99. The second-order valence-corrected chi connectivity index (χ2v) is 7.71. The molecular weight excluding hydrogens is 433 g/mol. The fraction of sp³-hybridized carbons (Fsp3) is 0.0800. The molecule has 0 atom stereocenters. The summed E-state index contributed by atoms with van der Waals surface area (Å²) >= 11 is 12.2. The van der Waals surface area contributed by atoms with Crippen LogP contribution in [0.25, 0.3) is 10.8 Å². The number of nitrogens with one attached hydrogen (secondary N) is 1. The Morgan fingerprint density at radius 3 is 2.55 bits per heavy atom. The van der Waals surface area contributed by atoms with Crippen molar-refractivity contribution in [3.63, 3.8) is 0 Å². The first-order chi connectivity index (χ1) is 15.0. The topological polar surface area (TPSA) is 47.6 Å². The first kappa shape index (κ1) is 21.0. The molecule has 0 aliphatic carbocycles. The summed E-state index contributed by atoms with van der Waals surface area (Å²) in [5.41, 5.74) is 1.65. The average Bonchev–Trinajstić information content (AvgIpc) is 2.79. The van der Waals surface area contributed by atoms with E-state index in [-0.39, 0.29) is 12.5 Å². The van der Waals surface area contributed by atoms with Crippen molar-refractivity contribution < 1.29 is 14.3 Å². The maximum Gasteiger partial charge on any atom is 0.255 e. The van der Waals surface area contributed by atoms with Gasteiger partial charge in [0, 0.05) is 21.5 Å². The van der Waals surface area contributed by atoms with E-state index in [0.717, 1.165) is 22.1 Å². The van der Waals surface area contributed by atoms with Crippen molar-refractivity contribution in [3.05, 3.63) is 100 Å². The zero-order chi connectivity index (χ0) is 21.8. The lowest BCUT2D eigenvalue weighted by Gasteiger charge is -2.14. The minimum atomic E-state index is -0.307. The van der Waals surface area contributed by atoms with Crippen LogP contribution < -0.4 is 14.8 Å². The van der Waals surface area contributed by atoms with Crippen LogP contribution in [0.3, 0.4) is 0 Å². The van der Waals surface area contributed by atoms with Crippen LogP contribution in [0.2, 0.25) is 10.0 Å². The normalized spacial score (nSPS) is 10.7. The number of carbonyl (C=O) groups excluding carboxylic acids is 1. The van der Waals surface area contributed by atoms with Crippen molar-refractivity contribution in [3.8, 4) is 11.5 Å². The highest BCUT2D eigenvalue weighted by Gasteiger charge is 2.13. The van der Waals surface area contributed by atoms with Gasteiger partial charge in [-0.1, -0.05) is 59.6 Å². The van der Waals surface area contributed by atoms with Gasteiger partial charge in [0.05, 0.1) is 17.8 Å². The Hall–Kier alpha value is -3.21. The number of methoxy groups -OCH3 is 1. The van der Waals surface area contributed by atoms with Gasteiger partial charge in [-0.05, 0) is 47.9 Å². The molecule has 0 unspecified atom stereocenters. The molecule has 156 valence electrons. The number of hydrogen-bond acceptors (Lipinski definition) is 3. The molecule has 6 heteroatoms. The fourth-order valence-electron chi connectivity index (χ4n) is 3.30. The van der Waals surface area contributed by atoms with Crippen molar-refractivity contribution >= 4 is 45.6 Å². The van der Waals surface area contributed by atoms with Gasteiger partial charge in [-0.3, -0.25) is 4.79 Å². The summed E-state index contributed by atoms with van der Waals surface area (Å²) in [5, 5.41) is 5.80. The van der Waals surface area contributed by atoms with Crippen LogP contribution in [0.4, 0.5) is 5.69 Å². The van der Waals surface area contributed by atoms with Gasteiger partial charge < -0.3 is 14.8 Å². The Kier molecular flexibility index (Phi) is 6.31. The second kappa shape index (κ2) is 9.29. The summed E-state index contributed by atoms with van der Waals surface area (Å²) < 4.78 is 11.5. The molecule has 0 aromatic heterocycles. The largest absolute Gasteiger partial charge is 0.496 e. The standard InChI is InChI=1S/C25H19Cl2NO3/c1-30-23-12-9-17(25(29)28-22-14-19(26)10-11-21(22)27)13-18(23)15-31-24-8-4-6-16-5-2-3-7-20(16)24/h2-14H,15H2,1H3,(H,28,29). The highest BCUT2D eigenvalue weighted by molar-refractivity contribution is 6.35. The molecule has 0 saturated carbocycles. The maximum absolute atomic E-state index is 12.8. The van der Waals surface area contributed by atoms with Crippen LogP contribution in [0, 0.1) is 0 Å². The number of benzene rings is 4. The smallest absolute Gasteiger partial charge is 0.255 e. The molecule has 0 radical (unpaired) electrons. The number of ether oxygens (including phenoxy) is 2. The first-order valence-electron chi connectivity index (χ1n) is 9.59. The minimum absolute atomic E-state index is 0.246. The van der Waals surface area contributed by atoms with Crippen LogP contribution in [-0.2, 0) is 6.61 Å². The summed E-state index contributed by atoms with van der Waals surface area (Å²) in [7, 11) is 1.59. The SMILES string of the molecule is COc1ccc(C(=O)Nc2cc(Cl)ccc2Cl)cc1COc1cccc2ccccc12. The lowest BCUT2D eigenvalue weighted by Crippen LogP contribution is -2.13. The predicted molar refractivity (Wildman–Crippen MR) is 126 cm³/mol. The first-order valence-corrected chi connectivity index (χ1v) is 10.3. The Bertz CT molecular complexity index is 1250. The van der Waals surface area contributed by atoms with E-state index in [9.17, 15) is 4.79 Å². The van der Waals surface area contributed by atoms with Gasteiger partial charge in [-0.15, -0.1) is 0 Å². The van der Waals surface area contributed by atoms with Crippen LogP contribution in [0.5, 0.6) is 11.5 Å². The van der Waals surface area contributed by atoms with E-state index < -0.39 is 0 Å². The summed E-state index contributed by atoms with van der Waals surface area (Å²) in [6.07, 6.45) is 0. The van der Waals surface area contributed by atoms with E-state index in [1.807, 2.05) is 42.5 Å². The number of halogens is 2. The van der Waals surface area contributed by atoms with E-state index in [1.54, 1.807) is 43.5 Å². The molecule has 0 spiro atoms. The molecular formula is C25H19Cl2NO3. The number of rotatable bonds is 6. The number of anilines is 1. The van der Waals surface area contributed by atoms with Gasteiger partial charge in [0.25, 0.3) is 5.91 Å². The number of carbonyl (C=O) groups is 1. The van der Waals surface area contributed by atoms with Crippen molar-refractivity contribution in [1.29, 1.82) is 0 Å². The van der Waals surface area contributed by atoms with Crippen LogP contribution >= 0.6 is 23.2 Å². The summed E-state index contributed by atoms with van der Waals surface area (Å²) in [6.45, 7) is 0.246. The highest BCUT2D eigenvalue weighted by atomic mass is 35.5. The zero-order valence-corrected chi connectivity index (χ0v) is 18.2. The lowest BCUT2D eigenvalue weighted by molar-refractivity contribution is 0.102. The Morgan fingerprint density at radius 1 is 0.903 bits per heavy atom. The second-order valence-electron chi connectivity index (χ2n) is 6.87. The summed E-state index contributed by atoms with van der Waals surface area (Å²) in [5.74, 6) is 1.09. The quantitative estimate of drug-likeness (QED) is 0.343. The van der Waals surface area contributed by atoms with Gasteiger partial charge in [0.15, 0.2) is 0 Å². The monoisotopic (exact) mass is 451 g/mol. The molecule has 1 N–H and O–H groups in total. The summed E-state index contributed by atoms with van der Waals surface area (Å²) in [4.78, 5) is 12.8.